The number of nitrogens with one attached hydrogen (secondary N) is 1. The molecule has 0 aliphatic heterocycles. The Bertz CT molecular complexity index is 471. The Kier molecular flexibility index (Phi) is 8.96. The summed E-state index contributed by atoms with van der Waals surface area (Å²) in [7, 11) is 0. The second-order valence-corrected chi connectivity index (χ2v) is 5.39. The summed E-state index contributed by atoms with van der Waals surface area (Å²) in [6.45, 7) is 5.31. The van der Waals surface area contributed by atoms with Gasteiger partial charge in [0.1, 0.15) is 0 Å². The van der Waals surface area contributed by atoms with Crippen LogP contribution in [0.2, 0.25) is 0 Å². The minimum atomic E-state index is -0.361. The van der Waals surface area contributed by atoms with Crippen LogP contribution in [0, 0.1) is 0 Å². The van der Waals surface area contributed by atoms with Crippen LogP contribution < -0.4 is 5.32 Å². The van der Waals surface area contributed by atoms with Crippen molar-refractivity contribution < 1.29 is 14.3 Å². The van der Waals surface area contributed by atoms with Crippen molar-refractivity contribution in [2.45, 2.75) is 52.4 Å². The third kappa shape index (κ3) is 6.74. The van der Waals surface area contributed by atoms with Gasteiger partial charge in [0.2, 0.25) is 0 Å². The molecule has 0 heterocycles. The van der Waals surface area contributed by atoms with Crippen LogP contribution in [0.15, 0.2) is 24.3 Å². The van der Waals surface area contributed by atoms with Gasteiger partial charge in [-0.05, 0) is 31.0 Å². The van der Waals surface area contributed by atoms with E-state index in [0.717, 1.165) is 38.5 Å². The van der Waals surface area contributed by atoms with Gasteiger partial charge in [0.05, 0.1) is 12.2 Å². The summed E-state index contributed by atoms with van der Waals surface area (Å²) in [4.78, 5) is 23.9. The number of esters is 1. The molecule has 4 nitrogen and oxygen atoms in total. The Balaban J connectivity index is 2.48. The van der Waals surface area contributed by atoms with Crippen molar-refractivity contribution in [3.8, 4) is 0 Å². The Morgan fingerprint density at radius 1 is 1.00 bits per heavy atom. The summed E-state index contributed by atoms with van der Waals surface area (Å²) >= 11 is 0. The van der Waals surface area contributed by atoms with E-state index in [1.54, 1.807) is 24.3 Å². The summed E-state index contributed by atoms with van der Waals surface area (Å²) < 4.78 is 5.24. The fourth-order valence-corrected chi connectivity index (χ4v) is 2.05. The molecule has 1 aromatic rings. The van der Waals surface area contributed by atoms with Gasteiger partial charge in [-0.25, -0.2) is 4.79 Å². The minimum absolute atomic E-state index is 0.147. The molecule has 0 aromatic heterocycles. The molecule has 0 radical (unpaired) electrons. The SMILES string of the molecule is CCCCCCOC(=O)c1cccc(C(=O)NCCCC)c1. The highest BCUT2D eigenvalue weighted by molar-refractivity contribution is 5.97. The number of carbonyl (C=O) groups excluding carboxylic acids is 2. The average molecular weight is 305 g/mol. The molecule has 0 fully saturated rings. The van der Waals surface area contributed by atoms with Crippen molar-refractivity contribution in [2.75, 3.05) is 13.2 Å². The lowest BCUT2D eigenvalue weighted by molar-refractivity contribution is 0.0498. The maximum atomic E-state index is 12.0. The van der Waals surface area contributed by atoms with Crippen molar-refractivity contribution in [1.29, 1.82) is 0 Å². The molecule has 4 heteroatoms. The molecule has 0 aliphatic rings. The van der Waals surface area contributed by atoms with Gasteiger partial charge in [-0.15, -0.1) is 0 Å². The number of hydrogen-bond donors (Lipinski definition) is 1. The fourth-order valence-electron chi connectivity index (χ4n) is 2.05. The van der Waals surface area contributed by atoms with Crippen molar-refractivity contribution in [1.82, 2.24) is 5.32 Å². The fraction of sp³-hybridized carbons (Fsp3) is 0.556. The minimum Gasteiger partial charge on any atom is -0.462 e. The van der Waals surface area contributed by atoms with Crippen LogP contribution in [0.25, 0.3) is 0 Å². The highest BCUT2D eigenvalue weighted by atomic mass is 16.5. The first kappa shape index (κ1) is 18.2. The molecule has 0 saturated heterocycles. The summed E-state index contributed by atoms with van der Waals surface area (Å²) in [5.74, 6) is -0.509. The topological polar surface area (TPSA) is 55.4 Å². The molecule has 1 rings (SSSR count). The second kappa shape index (κ2) is 10.8. The van der Waals surface area contributed by atoms with Crippen LogP contribution >= 0.6 is 0 Å². The van der Waals surface area contributed by atoms with E-state index in [1.807, 2.05) is 0 Å². The number of hydrogen-bond acceptors (Lipinski definition) is 3. The third-order valence-electron chi connectivity index (χ3n) is 3.41. The molecular formula is C18H27NO3. The van der Waals surface area contributed by atoms with E-state index in [9.17, 15) is 9.59 Å². The molecule has 0 atom stereocenters. The highest BCUT2D eigenvalue weighted by Gasteiger charge is 2.11. The number of unbranched alkanes of at least 4 members (excludes halogenated alkanes) is 4. The number of rotatable bonds is 10. The van der Waals surface area contributed by atoms with Crippen LogP contribution in [0.1, 0.15) is 73.1 Å². The van der Waals surface area contributed by atoms with E-state index in [1.165, 1.54) is 0 Å². The van der Waals surface area contributed by atoms with Crippen LogP contribution in [0.5, 0.6) is 0 Å². The van der Waals surface area contributed by atoms with Gasteiger partial charge in [-0.1, -0.05) is 45.6 Å². The van der Waals surface area contributed by atoms with Gasteiger partial charge in [0.25, 0.3) is 5.91 Å². The lowest BCUT2D eigenvalue weighted by Crippen LogP contribution is -2.24. The van der Waals surface area contributed by atoms with E-state index in [0.29, 0.717) is 24.3 Å². The zero-order valence-corrected chi connectivity index (χ0v) is 13.7. The van der Waals surface area contributed by atoms with Crippen molar-refractivity contribution in [2.24, 2.45) is 0 Å². The summed E-state index contributed by atoms with van der Waals surface area (Å²) in [6, 6.07) is 6.69. The Labute approximate surface area is 133 Å². The maximum absolute atomic E-state index is 12.0. The molecule has 1 N–H and O–H groups in total. The van der Waals surface area contributed by atoms with Gasteiger partial charge < -0.3 is 10.1 Å². The van der Waals surface area contributed by atoms with Crippen molar-refractivity contribution in [3.05, 3.63) is 35.4 Å². The molecule has 1 aromatic carbocycles. The molecular weight excluding hydrogens is 278 g/mol. The van der Waals surface area contributed by atoms with Crippen molar-refractivity contribution in [3.63, 3.8) is 0 Å². The lowest BCUT2D eigenvalue weighted by Gasteiger charge is -2.07. The monoisotopic (exact) mass is 305 g/mol. The van der Waals surface area contributed by atoms with Crippen molar-refractivity contribution >= 4 is 11.9 Å². The van der Waals surface area contributed by atoms with Gasteiger partial charge >= 0.3 is 5.97 Å². The Hall–Kier alpha value is -1.84. The maximum Gasteiger partial charge on any atom is 0.338 e. The van der Waals surface area contributed by atoms with Crippen LogP contribution in [0.4, 0.5) is 0 Å². The first-order valence-electron chi connectivity index (χ1n) is 8.24. The molecule has 0 bridgehead atoms. The highest BCUT2D eigenvalue weighted by Crippen LogP contribution is 2.08. The molecule has 0 unspecified atom stereocenters. The van der Waals surface area contributed by atoms with E-state index in [4.69, 9.17) is 4.74 Å². The normalized spacial score (nSPS) is 10.3. The quantitative estimate of drug-likeness (QED) is 0.526. The molecule has 0 spiro atoms. The summed E-state index contributed by atoms with van der Waals surface area (Å²) in [5.41, 5.74) is 0.926. The van der Waals surface area contributed by atoms with Crippen LogP contribution in [0.3, 0.4) is 0 Å². The van der Waals surface area contributed by atoms with E-state index >= 15 is 0 Å². The van der Waals surface area contributed by atoms with Gasteiger partial charge in [-0.3, -0.25) is 4.79 Å². The Morgan fingerprint density at radius 2 is 1.73 bits per heavy atom. The Morgan fingerprint density at radius 3 is 2.45 bits per heavy atom. The standard InChI is InChI=1S/C18H27NO3/c1-3-5-7-8-13-22-18(21)16-11-9-10-15(14-16)17(20)19-12-6-4-2/h9-11,14H,3-8,12-13H2,1-2H3,(H,19,20). The van der Waals surface area contributed by atoms with E-state index in [2.05, 4.69) is 19.2 Å². The number of benzene rings is 1. The predicted molar refractivity (Wildman–Crippen MR) is 88.1 cm³/mol. The zero-order chi connectivity index (χ0) is 16.2. The first-order chi connectivity index (χ1) is 10.7. The third-order valence-corrected chi connectivity index (χ3v) is 3.41. The number of carbonyl (C=O) groups is 2. The van der Waals surface area contributed by atoms with E-state index < -0.39 is 0 Å². The number of amides is 1. The zero-order valence-electron chi connectivity index (χ0n) is 13.7. The van der Waals surface area contributed by atoms with Gasteiger partial charge in [0, 0.05) is 12.1 Å². The number of ether oxygens (including phenoxy) is 1. The largest absolute Gasteiger partial charge is 0.462 e. The lowest BCUT2D eigenvalue weighted by atomic mass is 10.1. The summed E-state index contributed by atoms with van der Waals surface area (Å²) in [5, 5.41) is 2.84. The predicted octanol–water partition coefficient (Wildman–Crippen LogP) is 3.95. The summed E-state index contributed by atoms with van der Waals surface area (Å²) in [6.07, 6.45) is 6.25. The molecule has 22 heavy (non-hydrogen) atoms. The van der Waals surface area contributed by atoms with Crippen LogP contribution in [-0.2, 0) is 4.74 Å². The smallest absolute Gasteiger partial charge is 0.338 e. The molecule has 0 aliphatic carbocycles. The van der Waals surface area contributed by atoms with Gasteiger partial charge in [-0.2, -0.15) is 0 Å². The van der Waals surface area contributed by atoms with Crippen LogP contribution in [-0.4, -0.2) is 25.0 Å². The first-order valence-corrected chi connectivity index (χ1v) is 8.24. The average Bonchev–Trinajstić information content (AvgIpc) is 2.54. The van der Waals surface area contributed by atoms with Gasteiger partial charge in [0.15, 0.2) is 0 Å². The molecule has 1 amide bonds. The molecule has 0 saturated carbocycles. The second-order valence-electron chi connectivity index (χ2n) is 5.39. The molecule has 122 valence electrons. The van der Waals surface area contributed by atoms with E-state index in [-0.39, 0.29) is 11.9 Å².